The number of aryl methyl sites for hydroxylation is 1. The third-order valence-corrected chi connectivity index (χ3v) is 7.17. The maximum atomic E-state index is 12.9. The highest BCUT2D eigenvalue weighted by Crippen LogP contribution is 2.59. The third-order valence-electron chi connectivity index (χ3n) is 6.93. The molecular formula is C23H32N4O2S. The first kappa shape index (κ1) is 21.1. The number of likely N-dealkylation sites (tertiary alicyclic amines) is 1. The van der Waals surface area contributed by atoms with Gasteiger partial charge >= 0.3 is 0 Å². The molecular weight excluding hydrogens is 396 g/mol. The van der Waals surface area contributed by atoms with Crippen LogP contribution >= 0.6 is 12.2 Å². The zero-order valence-electron chi connectivity index (χ0n) is 17.7. The maximum Gasteiger partial charge on any atom is 0.245 e. The second-order valence-electron chi connectivity index (χ2n) is 9.13. The van der Waals surface area contributed by atoms with Gasteiger partial charge < -0.3 is 20.9 Å². The average Bonchev–Trinajstić information content (AvgIpc) is 3.44. The number of piperidine rings is 1. The molecule has 3 atom stereocenters. The number of thiocarbonyl (C=S) groups is 1. The molecule has 0 aromatic heterocycles. The second kappa shape index (κ2) is 8.92. The Labute approximate surface area is 184 Å². The number of hydrogen-bond acceptors (Lipinski definition) is 3. The van der Waals surface area contributed by atoms with Crippen LogP contribution in [0, 0.1) is 11.3 Å². The summed E-state index contributed by atoms with van der Waals surface area (Å²) in [5, 5.41) is 9.95. The first-order valence-corrected chi connectivity index (χ1v) is 11.6. The van der Waals surface area contributed by atoms with Gasteiger partial charge in [0.25, 0.3) is 0 Å². The minimum Gasteiger partial charge on any atom is -0.360 e. The van der Waals surface area contributed by atoms with E-state index < -0.39 is 0 Å². The van der Waals surface area contributed by atoms with Crippen LogP contribution in [0.1, 0.15) is 44.6 Å². The molecule has 30 heavy (non-hydrogen) atoms. The Bertz CT molecular complexity index is 792. The summed E-state index contributed by atoms with van der Waals surface area (Å²) in [6.07, 6.45) is 5.50. The molecule has 1 spiro atoms. The number of hydrogen-bond donors (Lipinski definition) is 3. The van der Waals surface area contributed by atoms with E-state index in [1.54, 1.807) is 0 Å². The van der Waals surface area contributed by atoms with Gasteiger partial charge in [0.15, 0.2) is 5.11 Å². The van der Waals surface area contributed by atoms with E-state index in [-0.39, 0.29) is 35.2 Å². The molecule has 2 heterocycles. The summed E-state index contributed by atoms with van der Waals surface area (Å²) in [4.78, 5) is 27.4. The van der Waals surface area contributed by atoms with E-state index in [0.29, 0.717) is 5.11 Å². The molecule has 6 nitrogen and oxygen atoms in total. The fourth-order valence-corrected chi connectivity index (χ4v) is 5.34. The van der Waals surface area contributed by atoms with Crippen LogP contribution in [-0.2, 0) is 16.0 Å². The number of nitrogens with zero attached hydrogens (tertiary/aromatic N) is 1. The molecule has 7 heteroatoms. The smallest absolute Gasteiger partial charge is 0.245 e. The Morgan fingerprint density at radius 1 is 1.20 bits per heavy atom. The van der Waals surface area contributed by atoms with Crippen molar-refractivity contribution in [3.8, 4) is 0 Å². The van der Waals surface area contributed by atoms with E-state index in [0.717, 1.165) is 58.2 Å². The Morgan fingerprint density at radius 2 is 1.93 bits per heavy atom. The molecule has 1 aromatic carbocycles. The molecule has 0 radical (unpaired) electrons. The lowest BCUT2D eigenvalue weighted by molar-refractivity contribution is -0.135. The summed E-state index contributed by atoms with van der Waals surface area (Å²) in [7, 11) is 0. The van der Waals surface area contributed by atoms with Crippen LogP contribution in [0.5, 0.6) is 0 Å². The van der Waals surface area contributed by atoms with E-state index >= 15 is 0 Å². The molecule has 1 aromatic rings. The molecule has 1 saturated carbocycles. The zero-order chi connectivity index (χ0) is 21.1. The normalized spacial score (nSPS) is 27.2. The van der Waals surface area contributed by atoms with E-state index in [1.165, 1.54) is 5.56 Å². The summed E-state index contributed by atoms with van der Waals surface area (Å²) < 4.78 is 0. The predicted molar refractivity (Wildman–Crippen MR) is 121 cm³/mol. The van der Waals surface area contributed by atoms with Crippen molar-refractivity contribution >= 4 is 29.1 Å². The highest BCUT2D eigenvalue weighted by molar-refractivity contribution is 7.80. The van der Waals surface area contributed by atoms with Crippen LogP contribution in [-0.4, -0.2) is 53.5 Å². The van der Waals surface area contributed by atoms with Crippen LogP contribution in [0.25, 0.3) is 0 Å². The number of rotatable bonds is 6. The van der Waals surface area contributed by atoms with Crippen molar-refractivity contribution in [2.45, 2.75) is 57.5 Å². The van der Waals surface area contributed by atoms with Gasteiger partial charge in [-0.05, 0) is 68.6 Å². The van der Waals surface area contributed by atoms with Crippen molar-refractivity contribution < 1.29 is 9.59 Å². The monoisotopic (exact) mass is 428 g/mol. The highest BCUT2D eigenvalue weighted by Gasteiger charge is 2.58. The van der Waals surface area contributed by atoms with Crippen molar-refractivity contribution in [2.24, 2.45) is 11.3 Å². The third kappa shape index (κ3) is 4.77. The summed E-state index contributed by atoms with van der Waals surface area (Å²) in [6, 6.07) is 10.4. The number of carbonyl (C=O) groups is 2. The van der Waals surface area contributed by atoms with Crippen LogP contribution in [0.4, 0.5) is 0 Å². The molecule has 1 unspecified atom stereocenters. The Hall–Kier alpha value is -2.15. The number of nitrogens with one attached hydrogen (secondary N) is 3. The van der Waals surface area contributed by atoms with Gasteiger partial charge in [-0.15, -0.1) is 0 Å². The Kier molecular flexibility index (Phi) is 6.27. The highest BCUT2D eigenvalue weighted by atomic mass is 32.1. The van der Waals surface area contributed by atoms with Crippen molar-refractivity contribution in [2.75, 3.05) is 19.6 Å². The zero-order valence-corrected chi connectivity index (χ0v) is 18.5. The maximum absolute atomic E-state index is 12.9. The van der Waals surface area contributed by atoms with Crippen LogP contribution < -0.4 is 16.0 Å². The first-order chi connectivity index (χ1) is 14.5. The van der Waals surface area contributed by atoms with Crippen molar-refractivity contribution in [3.63, 3.8) is 0 Å². The average molecular weight is 429 g/mol. The minimum atomic E-state index is -0.231. The molecule has 2 amide bonds. The lowest BCUT2D eigenvalue weighted by Crippen LogP contribution is -2.59. The molecule has 162 valence electrons. The Balaban J connectivity index is 1.18. The predicted octanol–water partition coefficient (Wildman–Crippen LogP) is 1.99. The number of amides is 2. The van der Waals surface area contributed by atoms with E-state index in [2.05, 4.69) is 40.2 Å². The summed E-state index contributed by atoms with van der Waals surface area (Å²) >= 11 is 5.20. The SMILES string of the molecule is C[C@@H]1C[C@@H](C(=O)N2CCC3(CC2)CC3C(=O)NCCCc2ccccc2)NC(=S)N1. The van der Waals surface area contributed by atoms with Gasteiger partial charge in [0.1, 0.15) is 6.04 Å². The van der Waals surface area contributed by atoms with E-state index in [1.807, 2.05) is 17.9 Å². The summed E-state index contributed by atoms with van der Waals surface area (Å²) in [6.45, 7) is 4.25. The molecule has 1 aliphatic carbocycles. The van der Waals surface area contributed by atoms with Crippen LogP contribution in [0.2, 0.25) is 0 Å². The number of carbonyl (C=O) groups excluding carboxylic acids is 2. The van der Waals surface area contributed by atoms with Gasteiger partial charge in [0, 0.05) is 31.6 Å². The fraction of sp³-hybridized carbons (Fsp3) is 0.609. The largest absolute Gasteiger partial charge is 0.360 e. The van der Waals surface area contributed by atoms with Crippen molar-refractivity contribution in [1.82, 2.24) is 20.9 Å². The van der Waals surface area contributed by atoms with Crippen molar-refractivity contribution in [1.29, 1.82) is 0 Å². The van der Waals surface area contributed by atoms with Gasteiger partial charge in [-0.2, -0.15) is 0 Å². The van der Waals surface area contributed by atoms with E-state index in [9.17, 15) is 9.59 Å². The first-order valence-electron chi connectivity index (χ1n) is 11.1. The van der Waals surface area contributed by atoms with Crippen LogP contribution in [0.3, 0.4) is 0 Å². The minimum absolute atomic E-state index is 0.116. The van der Waals surface area contributed by atoms with Gasteiger partial charge in [0.05, 0.1) is 0 Å². The fourth-order valence-electron chi connectivity index (χ4n) is 4.99. The lowest BCUT2D eigenvalue weighted by atomic mass is 9.90. The summed E-state index contributed by atoms with van der Waals surface area (Å²) in [5.74, 6) is 0.459. The van der Waals surface area contributed by atoms with Crippen molar-refractivity contribution in [3.05, 3.63) is 35.9 Å². The molecule has 2 aliphatic heterocycles. The van der Waals surface area contributed by atoms with Gasteiger partial charge in [-0.3, -0.25) is 9.59 Å². The molecule has 4 rings (SSSR count). The van der Waals surface area contributed by atoms with Gasteiger partial charge in [0.2, 0.25) is 11.8 Å². The molecule has 3 fully saturated rings. The lowest BCUT2D eigenvalue weighted by Gasteiger charge is -2.37. The van der Waals surface area contributed by atoms with Gasteiger partial charge in [-0.25, -0.2) is 0 Å². The molecule has 0 bridgehead atoms. The molecule has 3 N–H and O–H groups in total. The topological polar surface area (TPSA) is 73.5 Å². The Morgan fingerprint density at radius 3 is 2.63 bits per heavy atom. The van der Waals surface area contributed by atoms with E-state index in [4.69, 9.17) is 12.2 Å². The summed E-state index contributed by atoms with van der Waals surface area (Å²) in [5.41, 5.74) is 1.43. The quantitative estimate of drug-likeness (QED) is 0.477. The second-order valence-corrected chi connectivity index (χ2v) is 9.54. The standard InChI is InChI=1S/C23H32N4O2S/c1-16-14-19(26-22(30)25-16)21(29)27-12-9-23(10-13-27)15-18(23)20(28)24-11-5-8-17-6-3-2-4-7-17/h2-4,6-7,16,18-19H,5,8-15H2,1H3,(H,24,28)(H2,25,26,30)/t16-,18?,19+/m1/s1. The van der Waals surface area contributed by atoms with Gasteiger partial charge in [-0.1, -0.05) is 30.3 Å². The number of benzene rings is 1. The molecule has 2 saturated heterocycles. The molecule has 3 aliphatic rings. The van der Waals surface area contributed by atoms with Crippen LogP contribution in [0.15, 0.2) is 30.3 Å².